The maximum Gasteiger partial charge on any atom is 0.309 e. The number of rotatable bonds is 2. The molecule has 1 saturated carbocycles. The van der Waals surface area contributed by atoms with Crippen molar-refractivity contribution in [3.8, 4) is 5.88 Å². The lowest BCUT2D eigenvalue weighted by atomic mass is 9.76. The molecule has 0 bridgehead atoms. The largest absolute Gasteiger partial charge is 0.494 e. The van der Waals surface area contributed by atoms with Crippen molar-refractivity contribution in [2.24, 2.45) is 5.41 Å². The molecule has 1 aliphatic rings. The summed E-state index contributed by atoms with van der Waals surface area (Å²) >= 11 is 1.08. The summed E-state index contributed by atoms with van der Waals surface area (Å²) in [6.45, 7) is 2.89. The normalized spacial score (nSPS) is 20.3. The SMILES string of the molecule is CC1(Cn2c(O)csc2=O)CCCCC1. The second-order valence-corrected chi connectivity index (χ2v) is 5.64. The zero-order valence-corrected chi connectivity index (χ0v) is 9.85. The molecule has 1 aromatic rings. The Kier molecular flexibility index (Phi) is 2.87. The first-order valence-corrected chi connectivity index (χ1v) is 6.36. The molecule has 4 heteroatoms. The Hall–Kier alpha value is -0.770. The maximum absolute atomic E-state index is 11.5. The van der Waals surface area contributed by atoms with Gasteiger partial charge < -0.3 is 5.11 Å². The van der Waals surface area contributed by atoms with Crippen LogP contribution in [0.25, 0.3) is 0 Å². The number of thiazole rings is 1. The Morgan fingerprint density at radius 2 is 2.13 bits per heavy atom. The smallest absolute Gasteiger partial charge is 0.309 e. The highest BCUT2D eigenvalue weighted by Crippen LogP contribution is 2.37. The van der Waals surface area contributed by atoms with Gasteiger partial charge in [-0.3, -0.25) is 9.36 Å². The van der Waals surface area contributed by atoms with E-state index in [1.54, 1.807) is 0 Å². The van der Waals surface area contributed by atoms with E-state index < -0.39 is 0 Å². The molecule has 1 aromatic heterocycles. The zero-order valence-electron chi connectivity index (χ0n) is 9.03. The first-order chi connectivity index (χ1) is 7.11. The zero-order chi connectivity index (χ0) is 10.9. The van der Waals surface area contributed by atoms with Crippen LogP contribution in [0.15, 0.2) is 10.2 Å². The number of aromatic nitrogens is 1. The molecule has 1 aliphatic carbocycles. The molecule has 1 N–H and O–H groups in total. The van der Waals surface area contributed by atoms with Crippen LogP contribution in [0.1, 0.15) is 39.0 Å². The van der Waals surface area contributed by atoms with Gasteiger partial charge in [0.05, 0.1) is 5.38 Å². The Bertz CT molecular complexity index is 388. The van der Waals surface area contributed by atoms with Crippen molar-refractivity contribution >= 4 is 11.3 Å². The Morgan fingerprint density at radius 3 is 2.67 bits per heavy atom. The van der Waals surface area contributed by atoms with Crippen LogP contribution in [-0.2, 0) is 6.54 Å². The van der Waals surface area contributed by atoms with Gasteiger partial charge >= 0.3 is 4.87 Å². The predicted octanol–water partition coefficient (Wildman–Crippen LogP) is 2.59. The van der Waals surface area contributed by atoms with E-state index in [1.165, 1.54) is 29.2 Å². The molecule has 0 aliphatic heterocycles. The third-order valence-electron chi connectivity index (χ3n) is 3.36. The standard InChI is InChI=1S/C11H17NO2S/c1-11(5-3-2-4-6-11)8-12-9(13)7-15-10(12)14/h7,13H,2-6,8H2,1H3. The van der Waals surface area contributed by atoms with Crippen LogP contribution < -0.4 is 4.87 Å². The van der Waals surface area contributed by atoms with Gasteiger partial charge in [0, 0.05) is 6.54 Å². The third-order valence-corrected chi connectivity index (χ3v) is 4.11. The second kappa shape index (κ2) is 4.00. The quantitative estimate of drug-likeness (QED) is 0.843. The van der Waals surface area contributed by atoms with E-state index in [-0.39, 0.29) is 16.2 Å². The van der Waals surface area contributed by atoms with E-state index in [1.807, 2.05) is 0 Å². The highest BCUT2D eigenvalue weighted by molar-refractivity contribution is 7.07. The van der Waals surface area contributed by atoms with E-state index >= 15 is 0 Å². The molecule has 2 rings (SSSR count). The van der Waals surface area contributed by atoms with Gasteiger partial charge in [-0.05, 0) is 18.3 Å². The molecular formula is C11H17NO2S. The molecule has 3 nitrogen and oxygen atoms in total. The van der Waals surface area contributed by atoms with Crippen LogP contribution >= 0.6 is 11.3 Å². The summed E-state index contributed by atoms with van der Waals surface area (Å²) in [4.78, 5) is 11.4. The molecule has 0 saturated heterocycles. The molecule has 15 heavy (non-hydrogen) atoms. The predicted molar refractivity (Wildman–Crippen MR) is 61.4 cm³/mol. The summed E-state index contributed by atoms with van der Waals surface area (Å²) < 4.78 is 1.51. The van der Waals surface area contributed by atoms with E-state index in [0.29, 0.717) is 6.54 Å². The molecule has 0 aromatic carbocycles. The fraction of sp³-hybridized carbons (Fsp3) is 0.727. The number of aromatic hydroxyl groups is 1. The van der Waals surface area contributed by atoms with Crippen molar-refractivity contribution in [2.75, 3.05) is 0 Å². The monoisotopic (exact) mass is 227 g/mol. The summed E-state index contributed by atoms with van der Waals surface area (Å²) in [7, 11) is 0. The van der Waals surface area contributed by atoms with Crippen LogP contribution in [0.2, 0.25) is 0 Å². The first kappa shape index (κ1) is 10.7. The van der Waals surface area contributed by atoms with Crippen molar-refractivity contribution in [1.82, 2.24) is 4.57 Å². The minimum atomic E-state index is -0.0423. The van der Waals surface area contributed by atoms with Crippen molar-refractivity contribution in [1.29, 1.82) is 0 Å². The molecular weight excluding hydrogens is 210 g/mol. The van der Waals surface area contributed by atoms with Gasteiger partial charge in [-0.25, -0.2) is 0 Å². The first-order valence-electron chi connectivity index (χ1n) is 5.48. The minimum Gasteiger partial charge on any atom is -0.494 e. The molecule has 1 heterocycles. The molecule has 1 fully saturated rings. The van der Waals surface area contributed by atoms with Gasteiger partial charge in [0.25, 0.3) is 0 Å². The van der Waals surface area contributed by atoms with Gasteiger partial charge in [0.1, 0.15) is 0 Å². The van der Waals surface area contributed by atoms with Crippen LogP contribution in [-0.4, -0.2) is 9.67 Å². The fourth-order valence-corrected chi connectivity index (χ4v) is 3.03. The van der Waals surface area contributed by atoms with Gasteiger partial charge in [0.15, 0.2) is 0 Å². The molecule has 84 valence electrons. The average molecular weight is 227 g/mol. The van der Waals surface area contributed by atoms with Crippen LogP contribution in [0.4, 0.5) is 0 Å². The van der Waals surface area contributed by atoms with Crippen LogP contribution in [0, 0.1) is 5.41 Å². The fourth-order valence-electron chi connectivity index (χ4n) is 2.41. The van der Waals surface area contributed by atoms with Crippen LogP contribution in [0.3, 0.4) is 0 Å². The van der Waals surface area contributed by atoms with Gasteiger partial charge in [-0.15, -0.1) is 0 Å². The summed E-state index contributed by atoms with van der Waals surface area (Å²) in [6.07, 6.45) is 6.12. The van der Waals surface area contributed by atoms with E-state index in [9.17, 15) is 9.90 Å². The molecule has 0 amide bonds. The topological polar surface area (TPSA) is 42.2 Å². The van der Waals surface area contributed by atoms with Crippen molar-refractivity contribution < 1.29 is 5.11 Å². The maximum atomic E-state index is 11.5. The molecule has 0 spiro atoms. The van der Waals surface area contributed by atoms with Gasteiger partial charge in [-0.2, -0.15) is 0 Å². The number of hydrogen-bond donors (Lipinski definition) is 1. The lowest BCUT2D eigenvalue weighted by Gasteiger charge is -2.33. The van der Waals surface area contributed by atoms with Gasteiger partial charge in [-0.1, -0.05) is 37.5 Å². The van der Waals surface area contributed by atoms with Crippen molar-refractivity contribution in [3.63, 3.8) is 0 Å². The molecule has 0 radical (unpaired) electrons. The number of hydrogen-bond acceptors (Lipinski definition) is 3. The van der Waals surface area contributed by atoms with E-state index in [2.05, 4.69) is 6.92 Å². The minimum absolute atomic E-state index is 0.0423. The average Bonchev–Trinajstić information content (AvgIpc) is 2.50. The second-order valence-electron chi connectivity index (χ2n) is 4.82. The summed E-state index contributed by atoms with van der Waals surface area (Å²) in [5.74, 6) is 0.122. The summed E-state index contributed by atoms with van der Waals surface area (Å²) in [6, 6.07) is 0. The van der Waals surface area contributed by atoms with Gasteiger partial charge in [0.2, 0.25) is 5.88 Å². The Labute approximate surface area is 93.4 Å². The molecule has 0 atom stereocenters. The highest BCUT2D eigenvalue weighted by Gasteiger charge is 2.28. The lowest BCUT2D eigenvalue weighted by molar-refractivity contribution is 0.175. The van der Waals surface area contributed by atoms with Crippen molar-refractivity contribution in [3.05, 3.63) is 15.0 Å². The third kappa shape index (κ3) is 2.25. The lowest BCUT2D eigenvalue weighted by Crippen LogP contribution is -2.29. The Balaban J connectivity index is 2.17. The Morgan fingerprint density at radius 1 is 1.47 bits per heavy atom. The van der Waals surface area contributed by atoms with Crippen LogP contribution in [0.5, 0.6) is 5.88 Å². The summed E-state index contributed by atoms with van der Waals surface area (Å²) in [5, 5.41) is 11.1. The molecule has 0 unspecified atom stereocenters. The highest BCUT2D eigenvalue weighted by atomic mass is 32.1. The van der Waals surface area contributed by atoms with Crippen molar-refractivity contribution in [2.45, 2.75) is 45.6 Å². The van der Waals surface area contributed by atoms with E-state index in [0.717, 1.165) is 24.2 Å². The van der Waals surface area contributed by atoms with E-state index in [4.69, 9.17) is 0 Å². The summed E-state index contributed by atoms with van der Waals surface area (Å²) in [5.41, 5.74) is 0.195. The number of nitrogens with zero attached hydrogens (tertiary/aromatic N) is 1.